The van der Waals surface area contributed by atoms with Crippen molar-refractivity contribution in [1.82, 2.24) is 4.98 Å². The van der Waals surface area contributed by atoms with Gasteiger partial charge < -0.3 is 9.47 Å². The Morgan fingerprint density at radius 3 is 2.43 bits per heavy atom. The van der Waals surface area contributed by atoms with Crippen molar-refractivity contribution in [2.45, 2.75) is 6.42 Å². The number of nitrogens with zero attached hydrogens (tertiary/aromatic N) is 1. The monoisotopic (exact) mass is 417 g/mol. The van der Waals surface area contributed by atoms with Crippen LogP contribution in [0.2, 0.25) is 5.02 Å². The Bertz CT molecular complexity index is 1170. The fourth-order valence-corrected chi connectivity index (χ4v) is 3.37. The summed E-state index contributed by atoms with van der Waals surface area (Å²) in [5.41, 5.74) is 3.90. The van der Waals surface area contributed by atoms with Crippen LogP contribution in [-0.4, -0.2) is 24.7 Å². The highest BCUT2D eigenvalue weighted by molar-refractivity contribution is 6.30. The van der Waals surface area contributed by atoms with Crippen molar-refractivity contribution in [3.63, 3.8) is 0 Å². The number of hydrogen-bond donors (Lipinski definition) is 0. The summed E-state index contributed by atoms with van der Waals surface area (Å²) >= 11 is 6.00. The first-order valence-corrected chi connectivity index (χ1v) is 9.97. The normalized spacial score (nSPS) is 10.7. The highest BCUT2D eigenvalue weighted by Gasteiger charge is 2.15. The maximum atomic E-state index is 12.9. The molecule has 1 heterocycles. The number of esters is 1. The predicted molar refractivity (Wildman–Crippen MR) is 119 cm³/mol. The average molecular weight is 418 g/mol. The van der Waals surface area contributed by atoms with E-state index in [0.717, 1.165) is 27.8 Å². The van der Waals surface area contributed by atoms with Gasteiger partial charge in [-0.3, -0.25) is 0 Å². The Kier molecular flexibility index (Phi) is 5.96. The molecule has 0 aliphatic rings. The molecule has 0 amide bonds. The molecule has 150 valence electrons. The standard InChI is InChI=1S/C25H20ClNO3/c1-29-20-12-6-17(7-13-20)14-15-30-25(28)22-16-24(18-8-10-19(26)11-9-18)27-23-5-3-2-4-21(22)23/h2-13,16H,14-15H2,1H3. The molecule has 0 bridgehead atoms. The van der Waals surface area contributed by atoms with E-state index in [4.69, 9.17) is 26.1 Å². The van der Waals surface area contributed by atoms with Gasteiger partial charge in [0.05, 0.1) is 30.5 Å². The maximum Gasteiger partial charge on any atom is 0.338 e. The molecule has 4 nitrogen and oxygen atoms in total. The third kappa shape index (κ3) is 4.44. The minimum Gasteiger partial charge on any atom is -0.497 e. The first-order valence-electron chi connectivity index (χ1n) is 9.60. The van der Waals surface area contributed by atoms with Crippen LogP contribution in [0.1, 0.15) is 15.9 Å². The van der Waals surface area contributed by atoms with Gasteiger partial charge in [-0.25, -0.2) is 9.78 Å². The smallest absolute Gasteiger partial charge is 0.338 e. The van der Waals surface area contributed by atoms with Crippen LogP contribution < -0.4 is 4.74 Å². The van der Waals surface area contributed by atoms with Gasteiger partial charge in [0.1, 0.15) is 5.75 Å². The maximum absolute atomic E-state index is 12.9. The van der Waals surface area contributed by atoms with Crippen LogP contribution in [0.15, 0.2) is 78.9 Å². The zero-order chi connectivity index (χ0) is 20.9. The minimum absolute atomic E-state index is 0.290. The van der Waals surface area contributed by atoms with Crippen LogP contribution in [0.25, 0.3) is 22.2 Å². The lowest BCUT2D eigenvalue weighted by Gasteiger charge is -2.10. The van der Waals surface area contributed by atoms with E-state index in [1.54, 1.807) is 25.3 Å². The van der Waals surface area contributed by atoms with E-state index in [0.29, 0.717) is 22.7 Å². The second kappa shape index (κ2) is 8.97. The molecule has 0 spiro atoms. The van der Waals surface area contributed by atoms with Crippen molar-refractivity contribution >= 4 is 28.5 Å². The van der Waals surface area contributed by atoms with Crippen molar-refractivity contribution in [2.24, 2.45) is 0 Å². The van der Waals surface area contributed by atoms with E-state index < -0.39 is 0 Å². The summed E-state index contributed by atoms with van der Waals surface area (Å²) < 4.78 is 10.8. The summed E-state index contributed by atoms with van der Waals surface area (Å²) in [6, 6.07) is 24.5. The summed E-state index contributed by atoms with van der Waals surface area (Å²) in [6.45, 7) is 0.290. The molecule has 0 aliphatic carbocycles. The molecule has 4 rings (SSSR count). The quantitative estimate of drug-likeness (QED) is 0.363. The second-order valence-corrected chi connectivity index (χ2v) is 7.25. The molecule has 0 N–H and O–H groups in total. The number of benzene rings is 3. The van der Waals surface area contributed by atoms with Crippen molar-refractivity contribution in [3.8, 4) is 17.0 Å². The molecule has 0 saturated heterocycles. The van der Waals surface area contributed by atoms with E-state index in [1.165, 1.54) is 0 Å². The number of hydrogen-bond acceptors (Lipinski definition) is 4. The summed E-state index contributed by atoms with van der Waals surface area (Å²) in [4.78, 5) is 17.6. The van der Waals surface area contributed by atoms with Gasteiger partial charge in [-0.1, -0.05) is 54.1 Å². The number of carbonyl (C=O) groups excluding carboxylic acids is 1. The molecule has 0 aliphatic heterocycles. The van der Waals surface area contributed by atoms with Gasteiger partial charge in [0, 0.05) is 22.4 Å². The van der Waals surface area contributed by atoms with Gasteiger partial charge in [0.15, 0.2) is 0 Å². The third-order valence-corrected chi connectivity index (χ3v) is 5.11. The van der Waals surface area contributed by atoms with Crippen LogP contribution in [-0.2, 0) is 11.2 Å². The number of fused-ring (bicyclic) bond motifs is 1. The zero-order valence-electron chi connectivity index (χ0n) is 16.5. The van der Waals surface area contributed by atoms with E-state index in [-0.39, 0.29) is 12.6 Å². The molecule has 0 radical (unpaired) electrons. The molecular formula is C25H20ClNO3. The van der Waals surface area contributed by atoms with Gasteiger partial charge in [-0.05, 0) is 42.0 Å². The molecule has 30 heavy (non-hydrogen) atoms. The molecule has 0 atom stereocenters. The second-order valence-electron chi connectivity index (χ2n) is 6.81. The molecule has 0 saturated carbocycles. The van der Waals surface area contributed by atoms with Crippen LogP contribution in [0.3, 0.4) is 0 Å². The molecule has 1 aromatic heterocycles. The Morgan fingerprint density at radius 2 is 1.70 bits per heavy atom. The Balaban J connectivity index is 1.56. The van der Waals surface area contributed by atoms with Gasteiger partial charge >= 0.3 is 5.97 Å². The highest BCUT2D eigenvalue weighted by atomic mass is 35.5. The first kappa shape index (κ1) is 19.9. The Morgan fingerprint density at radius 1 is 0.967 bits per heavy atom. The molecular weight excluding hydrogens is 398 g/mol. The SMILES string of the molecule is COc1ccc(CCOC(=O)c2cc(-c3ccc(Cl)cc3)nc3ccccc23)cc1. The lowest BCUT2D eigenvalue weighted by Crippen LogP contribution is -2.09. The average Bonchev–Trinajstić information content (AvgIpc) is 2.79. The number of pyridine rings is 1. The fourth-order valence-electron chi connectivity index (χ4n) is 3.24. The third-order valence-electron chi connectivity index (χ3n) is 4.86. The van der Waals surface area contributed by atoms with E-state index in [2.05, 4.69) is 0 Å². The number of carbonyl (C=O) groups is 1. The van der Waals surface area contributed by atoms with Gasteiger partial charge in [0.25, 0.3) is 0 Å². The number of aromatic nitrogens is 1. The summed E-state index contributed by atoms with van der Waals surface area (Å²) in [7, 11) is 1.63. The lowest BCUT2D eigenvalue weighted by molar-refractivity contribution is 0.0511. The summed E-state index contributed by atoms with van der Waals surface area (Å²) in [6.07, 6.45) is 0.628. The Hall–Kier alpha value is -3.37. The largest absolute Gasteiger partial charge is 0.497 e. The van der Waals surface area contributed by atoms with Crippen molar-refractivity contribution in [1.29, 1.82) is 0 Å². The van der Waals surface area contributed by atoms with Crippen LogP contribution >= 0.6 is 11.6 Å². The fraction of sp³-hybridized carbons (Fsp3) is 0.120. The molecule has 0 fully saturated rings. The Labute approximate surface area is 180 Å². The molecule has 4 aromatic rings. The number of rotatable bonds is 6. The van der Waals surface area contributed by atoms with Crippen molar-refractivity contribution in [2.75, 3.05) is 13.7 Å². The molecule has 0 unspecified atom stereocenters. The van der Waals surface area contributed by atoms with Gasteiger partial charge in [0.2, 0.25) is 0 Å². The minimum atomic E-state index is -0.364. The van der Waals surface area contributed by atoms with Gasteiger partial charge in [-0.2, -0.15) is 0 Å². The molecule has 3 aromatic carbocycles. The van der Waals surface area contributed by atoms with E-state index in [1.807, 2.05) is 60.7 Å². The number of methoxy groups -OCH3 is 1. The summed E-state index contributed by atoms with van der Waals surface area (Å²) in [5.74, 6) is 0.436. The number of para-hydroxylation sites is 1. The predicted octanol–water partition coefficient (Wildman–Crippen LogP) is 5.96. The van der Waals surface area contributed by atoms with Crippen molar-refractivity contribution in [3.05, 3.63) is 95.0 Å². The van der Waals surface area contributed by atoms with Crippen LogP contribution in [0, 0.1) is 0 Å². The summed E-state index contributed by atoms with van der Waals surface area (Å²) in [5, 5.41) is 1.42. The number of halogens is 1. The van der Waals surface area contributed by atoms with Gasteiger partial charge in [-0.15, -0.1) is 0 Å². The van der Waals surface area contributed by atoms with E-state index >= 15 is 0 Å². The lowest BCUT2D eigenvalue weighted by atomic mass is 10.0. The molecule has 5 heteroatoms. The topological polar surface area (TPSA) is 48.4 Å². The van der Waals surface area contributed by atoms with Crippen LogP contribution in [0.5, 0.6) is 5.75 Å². The van der Waals surface area contributed by atoms with E-state index in [9.17, 15) is 4.79 Å². The zero-order valence-corrected chi connectivity index (χ0v) is 17.2. The highest BCUT2D eigenvalue weighted by Crippen LogP contribution is 2.26. The van der Waals surface area contributed by atoms with Crippen LogP contribution in [0.4, 0.5) is 0 Å². The first-order chi connectivity index (χ1) is 14.6. The number of ether oxygens (including phenoxy) is 2. The van der Waals surface area contributed by atoms with Crippen molar-refractivity contribution < 1.29 is 14.3 Å².